The molecule has 0 spiro atoms. The van der Waals surface area contributed by atoms with Crippen molar-refractivity contribution in [2.45, 2.75) is 0 Å². The summed E-state index contributed by atoms with van der Waals surface area (Å²) in [6.07, 6.45) is 1.77. The van der Waals surface area contributed by atoms with Crippen molar-refractivity contribution in [3.8, 4) is 11.4 Å². The quantitative estimate of drug-likeness (QED) is 0.802. The number of aromatic amines is 1. The van der Waals surface area contributed by atoms with E-state index < -0.39 is 0 Å². The molecule has 0 amide bonds. The van der Waals surface area contributed by atoms with Crippen LogP contribution < -0.4 is 10.3 Å². The van der Waals surface area contributed by atoms with Crippen LogP contribution in [0.2, 0.25) is 0 Å². The minimum atomic E-state index is 0.616. The van der Waals surface area contributed by atoms with Crippen LogP contribution in [0.15, 0.2) is 29.4 Å². The van der Waals surface area contributed by atoms with Gasteiger partial charge in [-0.15, -0.1) is 0 Å². The molecule has 0 saturated heterocycles. The predicted molar refractivity (Wildman–Crippen MR) is 72.8 cm³/mol. The second kappa shape index (κ2) is 4.26. The zero-order valence-corrected chi connectivity index (χ0v) is 10.6. The highest BCUT2D eigenvalue weighted by Gasteiger charge is 2.09. The van der Waals surface area contributed by atoms with Gasteiger partial charge in [0.25, 0.3) is 0 Å². The third kappa shape index (κ3) is 1.78. The third-order valence-electron chi connectivity index (χ3n) is 2.87. The van der Waals surface area contributed by atoms with E-state index in [1.54, 1.807) is 6.34 Å². The summed E-state index contributed by atoms with van der Waals surface area (Å²) in [6, 6.07) is 8.11. The Kier molecular flexibility index (Phi) is 2.60. The molecule has 1 aromatic heterocycles. The molecule has 2 heterocycles. The lowest BCUT2D eigenvalue weighted by Crippen LogP contribution is -2.22. The lowest BCUT2D eigenvalue weighted by atomic mass is 10.2. The van der Waals surface area contributed by atoms with E-state index in [0.717, 1.165) is 17.1 Å². The first-order valence-corrected chi connectivity index (χ1v) is 5.91. The Morgan fingerprint density at radius 1 is 1.28 bits per heavy atom. The number of nitrogens with one attached hydrogen (secondary N) is 2. The van der Waals surface area contributed by atoms with Gasteiger partial charge in [-0.25, -0.2) is 0 Å². The van der Waals surface area contributed by atoms with Crippen LogP contribution >= 0.6 is 12.2 Å². The highest BCUT2D eigenvalue weighted by molar-refractivity contribution is 7.71. The van der Waals surface area contributed by atoms with Gasteiger partial charge in [0.2, 0.25) is 0 Å². The molecule has 92 valence electrons. The van der Waals surface area contributed by atoms with Gasteiger partial charge < -0.3 is 9.47 Å². The van der Waals surface area contributed by atoms with E-state index in [-0.39, 0.29) is 0 Å². The highest BCUT2D eigenvalue weighted by Crippen LogP contribution is 2.21. The average Bonchev–Trinajstić information content (AvgIpc) is 3.02. The second-order valence-corrected chi connectivity index (χ2v) is 4.38. The summed E-state index contributed by atoms with van der Waals surface area (Å²) in [7, 11) is 1.89. The minimum Gasteiger partial charge on any atom is -0.311 e. The normalized spacial score (nSPS) is 13.9. The maximum Gasteiger partial charge on any atom is 0.195 e. The molecule has 0 atom stereocenters. The van der Waals surface area contributed by atoms with Gasteiger partial charge in [-0.3, -0.25) is 10.5 Å². The van der Waals surface area contributed by atoms with Crippen molar-refractivity contribution < 1.29 is 0 Å². The molecule has 0 unspecified atom stereocenters. The smallest absolute Gasteiger partial charge is 0.195 e. The van der Waals surface area contributed by atoms with Crippen molar-refractivity contribution >= 4 is 24.2 Å². The molecule has 6 nitrogen and oxygen atoms in total. The van der Waals surface area contributed by atoms with Gasteiger partial charge in [0, 0.05) is 18.3 Å². The van der Waals surface area contributed by atoms with E-state index in [0.29, 0.717) is 11.4 Å². The number of H-pyrrole nitrogens is 1. The molecule has 0 radical (unpaired) electrons. The Labute approximate surface area is 109 Å². The molecule has 7 heteroatoms. The second-order valence-electron chi connectivity index (χ2n) is 3.99. The van der Waals surface area contributed by atoms with Crippen molar-refractivity contribution in [3.63, 3.8) is 0 Å². The van der Waals surface area contributed by atoms with Gasteiger partial charge in [0.15, 0.2) is 10.6 Å². The molecule has 1 aromatic carbocycles. The molecular weight excluding hydrogens is 248 g/mol. The molecule has 1 aliphatic rings. The van der Waals surface area contributed by atoms with Crippen molar-refractivity contribution in [1.29, 1.82) is 0 Å². The van der Waals surface area contributed by atoms with Crippen LogP contribution in [0.3, 0.4) is 0 Å². The first kappa shape index (κ1) is 11.0. The van der Waals surface area contributed by atoms with E-state index >= 15 is 0 Å². The summed E-state index contributed by atoms with van der Waals surface area (Å²) in [4.78, 5) is 2.02. The van der Waals surface area contributed by atoms with Crippen LogP contribution in [0, 0.1) is 4.77 Å². The number of hydrazone groups is 1. The molecule has 18 heavy (non-hydrogen) atoms. The largest absolute Gasteiger partial charge is 0.311 e. The molecular formula is C11H12N6S. The Bertz CT molecular complexity index is 638. The zero-order valence-electron chi connectivity index (χ0n) is 9.79. The monoisotopic (exact) mass is 260 g/mol. The number of hydrogen-bond donors (Lipinski definition) is 2. The average molecular weight is 260 g/mol. The van der Waals surface area contributed by atoms with Crippen molar-refractivity contribution in [3.05, 3.63) is 29.0 Å². The Balaban J connectivity index is 1.93. The minimum absolute atomic E-state index is 0.616. The zero-order chi connectivity index (χ0) is 12.5. The topological polar surface area (TPSA) is 61.2 Å². The summed E-state index contributed by atoms with van der Waals surface area (Å²) in [5.41, 5.74) is 5.00. The number of aromatic nitrogens is 3. The van der Waals surface area contributed by atoms with Gasteiger partial charge in [-0.05, 0) is 36.5 Å². The van der Waals surface area contributed by atoms with E-state index in [1.165, 1.54) is 0 Å². The number of hydrogen-bond acceptors (Lipinski definition) is 5. The third-order valence-corrected chi connectivity index (χ3v) is 3.23. The molecule has 2 N–H and O–H groups in total. The lowest BCUT2D eigenvalue weighted by molar-refractivity contribution is 0.807. The first-order valence-electron chi connectivity index (χ1n) is 5.50. The van der Waals surface area contributed by atoms with Crippen LogP contribution in [0.1, 0.15) is 0 Å². The maximum atomic E-state index is 5.10. The predicted octanol–water partition coefficient (Wildman–Crippen LogP) is 1.46. The lowest BCUT2D eigenvalue weighted by Gasteiger charge is -2.13. The summed E-state index contributed by atoms with van der Waals surface area (Å²) < 4.78 is 2.47. The fourth-order valence-electron chi connectivity index (χ4n) is 1.83. The SMILES string of the molecule is Cn1c(-c2ccc(N3C=NNC3)cc2)n[nH]c1=S. The molecule has 0 aliphatic carbocycles. The first-order chi connectivity index (χ1) is 8.75. The molecule has 0 bridgehead atoms. The number of rotatable bonds is 2. The maximum absolute atomic E-state index is 5.10. The van der Waals surface area contributed by atoms with Crippen LogP contribution in [0.5, 0.6) is 0 Å². The molecule has 1 aliphatic heterocycles. The fourth-order valence-corrected chi connectivity index (χ4v) is 1.97. The van der Waals surface area contributed by atoms with Crippen LogP contribution in [-0.2, 0) is 7.05 Å². The van der Waals surface area contributed by atoms with Crippen molar-refractivity contribution in [2.75, 3.05) is 11.6 Å². The van der Waals surface area contributed by atoms with E-state index in [4.69, 9.17) is 12.2 Å². The van der Waals surface area contributed by atoms with E-state index in [1.807, 2.05) is 40.8 Å². The standard InChI is InChI=1S/C11H12N6S/c1-16-10(14-15-11(16)18)8-2-4-9(5-3-8)17-6-12-13-7-17/h2-6,13H,7H2,1H3,(H,15,18). The van der Waals surface area contributed by atoms with Gasteiger partial charge in [-0.1, -0.05) is 0 Å². The number of anilines is 1. The van der Waals surface area contributed by atoms with Crippen molar-refractivity contribution in [1.82, 2.24) is 20.2 Å². The Hall–Kier alpha value is -2.15. The molecule has 3 rings (SSSR count). The highest BCUT2D eigenvalue weighted by atomic mass is 32.1. The summed E-state index contributed by atoms with van der Waals surface area (Å²) >= 11 is 5.10. The van der Waals surface area contributed by atoms with Crippen LogP contribution in [0.25, 0.3) is 11.4 Å². The summed E-state index contributed by atoms with van der Waals surface area (Å²) in [5, 5.41) is 10.9. The van der Waals surface area contributed by atoms with E-state index in [2.05, 4.69) is 20.7 Å². The summed E-state index contributed by atoms with van der Waals surface area (Å²) in [6.45, 7) is 0.700. The van der Waals surface area contributed by atoms with Crippen molar-refractivity contribution in [2.24, 2.45) is 12.1 Å². The van der Waals surface area contributed by atoms with E-state index in [9.17, 15) is 0 Å². The molecule has 2 aromatic rings. The van der Waals surface area contributed by atoms with Crippen LogP contribution in [0.4, 0.5) is 5.69 Å². The Morgan fingerprint density at radius 3 is 2.61 bits per heavy atom. The number of benzene rings is 1. The van der Waals surface area contributed by atoms with Gasteiger partial charge in [0.05, 0.1) is 0 Å². The summed E-state index contributed by atoms with van der Waals surface area (Å²) in [5.74, 6) is 0.833. The Morgan fingerprint density at radius 2 is 2.06 bits per heavy atom. The fraction of sp³-hybridized carbons (Fsp3) is 0.182. The van der Waals surface area contributed by atoms with Gasteiger partial charge in [-0.2, -0.15) is 10.2 Å². The molecule has 0 fully saturated rings. The van der Waals surface area contributed by atoms with Gasteiger partial charge in [0.1, 0.15) is 13.0 Å². The van der Waals surface area contributed by atoms with Gasteiger partial charge >= 0.3 is 0 Å². The van der Waals surface area contributed by atoms with Crippen LogP contribution in [-0.4, -0.2) is 27.8 Å². The molecule has 0 saturated carbocycles. The number of nitrogens with zero attached hydrogens (tertiary/aromatic N) is 4.